The summed E-state index contributed by atoms with van der Waals surface area (Å²) in [5, 5.41) is 8.60. The molecule has 1 aliphatic heterocycles. The molecule has 1 aromatic heterocycles. The van der Waals surface area contributed by atoms with Crippen molar-refractivity contribution in [1.82, 2.24) is 25.1 Å². The number of carbonyl (C=O) groups excluding carboxylic acids is 4. The maximum atomic E-state index is 13.1. The lowest BCUT2D eigenvalue weighted by Crippen LogP contribution is -2.51. The quantitative estimate of drug-likeness (QED) is 0.0671. The van der Waals surface area contributed by atoms with Crippen LogP contribution in [0.4, 0.5) is 18.9 Å². The van der Waals surface area contributed by atoms with E-state index in [0.29, 0.717) is 65.5 Å². The molecule has 0 spiro atoms. The molecule has 1 atom stereocenters. The van der Waals surface area contributed by atoms with Gasteiger partial charge < -0.3 is 19.9 Å². The van der Waals surface area contributed by atoms with E-state index in [1.54, 1.807) is 48.3 Å². The van der Waals surface area contributed by atoms with Crippen molar-refractivity contribution in [3.63, 3.8) is 0 Å². The van der Waals surface area contributed by atoms with Gasteiger partial charge in [-0.3, -0.25) is 29.4 Å². The van der Waals surface area contributed by atoms with Gasteiger partial charge in [-0.2, -0.15) is 13.2 Å². The van der Waals surface area contributed by atoms with Crippen LogP contribution >= 0.6 is 0 Å². The molecule has 3 aromatic carbocycles. The lowest BCUT2D eigenvalue weighted by atomic mass is 10.0. The van der Waals surface area contributed by atoms with Gasteiger partial charge in [-0.1, -0.05) is 25.0 Å². The monoisotopic (exact) mass is 732 g/mol. The second kappa shape index (κ2) is 17.8. The van der Waals surface area contributed by atoms with Gasteiger partial charge in [-0.05, 0) is 86.0 Å². The minimum Gasteiger partial charge on any atom is -0.494 e. The Hall–Kier alpha value is -5.50. The van der Waals surface area contributed by atoms with E-state index in [1.807, 2.05) is 24.2 Å². The highest BCUT2D eigenvalue weighted by molar-refractivity contribution is 6.00. The molecule has 4 aromatic rings. The number of alkyl halides is 3. The number of ether oxygens (including phenoxy) is 1. The highest BCUT2D eigenvalue weighted by Crippen LogP contribution is 2.31. The standard InChI is InChI=1S/C39H43F3N6O5/c1-47-23-34(45-25-47)32-20-27(10-14-33(32)44-21-26-7-11-30(12-8-26)39(40,41)42)37(51)43-17-5-3-4-6-18-53-31-13-9-28(24-49)29(19-31)22-48(2)35-15-16-36(50)46-38(35)52/h7-14,19-20,23-25,35,44H,3-6,15-18,21-22H2,1-2H3,(H,43,51)(H,46,50,52). The van der Waals surface area contributed by atoms with Crippen LogP contribution in [0.2, 0.25) is 0 Å². The van der Waals surface area contributed by atoms with Crippen LogP contribution in [0.5, 0.6) is 5.75 Å². The van der Waals surface area contributed by atoms with Gasteiger partial charge in [-0.15, -0.1) is 0 Å². The Kier molecular flexibility index (Phi) is 13.0. The molecule has 1 unspecified atom stereocenters. The molecule has 0 aliphatic carbocycles. The highest BCUT2D eigenvalue weighted by atomic mass is 19.4. The molecular formula is C39H43F3N6O5. The Balaban J connectivity index is 1.06. The number of imidazole rings is 1. The summed E-state index contributed by atoms with van der Waals surface area (Å²) in [5.74, 6) is -0.210. The summed E-state index contributed by atoms with van der Waals surface area (Å²) in [5.41, 5.74) is 3.71. The number of amides is 3. The molecule has 53 heavy (non-hydrogen) atoms. The Labute approximate surface area is 305 Å². The number of unbranched alkanes of at least 4 members (excludes halogenated alkanes) is 3. The van der Waals surface area contributed by atoms with Crippen LogP contribution < -0.4 is 20.7 Å². The lowest BCUT2D eigenvalue weighted by molar-refractivity contribution is -0.138. The van der Waals surface area contributed by atoms with Crippen molar-refractivity contribution in [2.24, 2.45) is 7.05 Å². The number of aldehydes is 1. The van der Waals surface area contributed by atoms with Gasteiger partial charge in [-0.25, -0.2) is 4.98 Å². The number of nitrogens with one attached hydrogen (secondary N) is 3. The SMILES string of the molecule is CN(Cc1cc(OCCCCCCNC(=O)c2ccc(NCc3ccc(C(F)(F)F)cc3)c(-c3cn(C)cn3)c2)ccc1C=O)C1CCC(=O)NC1=O. The third-order valence-corrected chi connectivity index (χ3v) is 9.06. The summed E-state index contributed by atoms with van der Waals surface area (Å²) in [7, 11) is 3.63. The number of anilines is 1. The number of carbonyl (C=O) groups is 4. The minimum absolute atomic E-state index is 0.224. The fourth-order valence-corrected chi connectivity index (χ4v) is 6.09. The van der Waals surface area contributed by atoms with Gasteiger partial charge in [0.25, 0.3) is 5.91 Å². The van der Waals surface area contributed by atoms with E-state index in [2.05, 4.69) is 20.9 Å². The number of piperidine rings is 1. The van der Waals surface area contributed by atoms with Gasteiger partial charge in [0.05, 0.1) is 30.2 Å². The Morgan fingerprint density at radius 1 is 1.06 bits per heavy atom. The molecule has 11 nitrogen and oxygen atoms in total. The number of hydrogen-bond acceptors (Lipinski definition) is 8. The van der Waals surface area contributed by atoms with Crippen molar-refractivity contribution in [2.45, 2.75) is 63.8 Å². The second-order valence-corrected chi connectivity index (χ2v) is 13.1. The van der Waals surface area contributed by atoms with Crippen molar-refractivity contribution in [3.8, 4) is 17.0 Å². The molecule has 1 saturated heterocycles. The number of rotatable bonds is 17. The molecule has 280 valence electrons. The van der Waals surface area contributed by atoms with Crippen molar-refractivity contribution >= 4 is 29.7 Å². The smallest absolute Gasteiger partial charge is 0.416 e. The molecule has 0 bridgehead atoms. The number of imide groups is 1. The normalized spacial score (nSPS) is 14.6. The average molecular weight is 733 g/mol. The molecule has 2 heterocycles. The van der Waals surface area contributed by atoms with Crippen LogP contribution in [-0.2, 0) is 35.9 Å². The molecule has 1 aliphatic rings. The van der Waals surface area contributed by atoms with Gasteiger partial charge in [0.15, 0.2) is 0 Å². The predicted molar refractivity (Wildman–Crippen MR) is 193 cm³/mol. The Morgan fingerprint density at radius 2 is 1.83 bits per heavy atom. The summed E-state index contributed by atoms with van der Waals surface area (Å²) < 4.78 is 46.6. The van der Waals surface area contributed by atoms with Crippen LogP contribution in [0.25, 0.3) is 11.3 Å². The largest absolute Gasteiger partial charge is 0.494 e. The summed E-state index contributed by atoms with van der Waals surface area (Å²) in [4.78, 5) is 54.8. The number of nitrogens with zero attached hydrogens (tertiary/aromatic N) is 3. The zero-order valence-electron chi connectivity index (χ0n) is 29.7. The first-order valence-corrected chi connectivity index (χ1v) is 17.5. The van der Waals surface area contributed by atoms with E-state index < -0.39 is 17.8 Å². The van der Waals surface area contributed by atoms with Gasteiger partial charge >= 0.3 is 6.18 Å². The van der Waals surface area contributed by atoms with E-state index in [4.69, 9.17) is 4.74 Å². The molecule has 3 amide bonds. The molecule has 14 heteroatoms. The van der Waals surface area contributed by atoms with Gasteiger partial charge in [0, 0.05) is 61.7 Å². The fraction of sp³-hybridized carbons (Fsp3) is 0.359. The molecule has 5 rings (SSSR count). The molecule has 0 saturated carbocycles. The number of halogens is 3. The molecule has 1 fully saturated rings. The number of benzene rings is 3. The van der Waals surface area contributed by atoms with Crippen molar-refractivity contribution in [2.75, 3.05) is 25.5 Å². The van der Waals surface area contributed by atoms with E-state index in [0.717, 1.165) is 49.7 Å². The van der Waals surface area contributed by atoms with E-state index in [9.17, 15) is 32.3 Å². The van der Waals surface area contributed by atoms with E-state index in [-0.39, 0.29) is 30.7 Å². The third-order valence-electron chi connectivity index (χ3n) is 9.06. The van der Waals surface area contributed by atoms with Crippen molar-refractivity contribution in [1.29, 1.82) is 0 Å². The highest BCUT2D eigenvalue weighted by Gasteiger charge is 2.31. The third kappa shape index (κ3) is 10.8. The van der Waals surface area contributed by atoms with Crippen LogP contribution in [0.15, 0.2) is 73.2 Å². The second-order valence-electron chi connectivity index (χ2n) is 13.1. The molecular weight excluding hydrogens is 689 g/mol. The summed E-state index contributed by atoms with van der Waals surface area (Å²) in [6, 6.07) is 15.0. The van der Waals surface area contributed by atoms with E-state index in [1.165, 1.54) is 12.1 Å². The Bertz CT molecular complexity index is 1910. The first-order valence-electron chi connectivity index (χ1n) is 17.5. The van der Waals surface area contributed by atoms with Crippen molar-refractivity contribution in [3.05, 3.63) is 101 Å². The summed E-state index contributed by atoms with van der Waals surface area (Å²) in [6.07, 6.45) is 3.89. The van der Waals surface area contributed by atoms with Gasteiger partial charge in [0.1, 0.15) is 12.0 Å². The zero-order chi connectivity index (χ0) is 38.0. The predicted octanol–water partition coefficient (Wildman–Crippen LogP) is 6.14. The van der Waals surface area contributed by atoms with Crippen LogP contribution in [0, 0.1) is 0 Å². The zero-order valence-corrected chi connectivity index (χ0v) is 29.7. The van der Waals surface area contributed by atoms with Crippen LogP contribution in [0.3, 0.4) is 0 Å². The maximum absolute atomic E-state index is 13.1. The maximum Gasteiger partial charge on any atom is 0.416 e. The first kappa shape index (κ1) is 38.7. The molecule has 3 N–H and O–H groups in total. The lowest BCUT2D eigenvalue weighted by Gasteiger charge is -2.30. The number of aromatic nitrogens is 2. The number of hydrogen-bond donors (Lipinski definition) is 3. The van der Waals surface area contributed by atoms with Crippen LogP contribution in [-0.4, -0.2) is 64.7 Å². The number of likely N-dealkylation sites (N-methyl/N-ethyl adjacent to an activating group) is 1. The summed E-state index contributed by atoms with van der Waals surface area (Å²) in [6.45, 7) is 1.60. The van der Waals surface area contributed by atoms with Crippen LogP contribution in [0.1, 0.15) is 75.9 Å². The minimum atomic E-state index is -4.40. The Morgan fingerprint density at radius 3 is 2.53 bits per heavy atom. The van der Waals surface area contributed by atoms with E-state index >= 15 is 0 Å². The topological polar surface area (TPSA) is 135 Å². The fourth-order valence-electron chi connectivity index (χ4n) is 6.09. The number of aryl methyl sites for hydroxylation is 1. The summed E-state index contributed by atoms with van der Waals surface area (Å²) >= 11 is 0. The van der Waals surface area contributed by atoms with Gasteiger partial charge in [0.2, 0.25) is 11.8 Å². The van der Waals surface area contributed by atoms with Crippen molar-refractivity contribution < 1.29 is 37.1 Å². The molecule has 0 radical (unpaired) electrons. The average Bonchev–Trinajstić information content (AvgIpc) is 3.57. The first-order chi connectivity index (χ1) is 25.4.